The summed E-state index contributed by atoms with van der Waals surface area (Å²) in [6.45, 7) is 4.79. The number of methoxy groups -OCH3 is 1. The van der Waals surface area contributed by atoms with Crippen LogP contribution in [0.25, 0.3) is 0 Å². The summed E-state index contributed by atoms with van der Waals surface area (Å²) >= 11 is 1.71. The Morgan fingerprint density at radius 3 is 2.74 bits per heavy atom. The largest absolute Gasteiger partial charge is 0.375 e. The van der Waals surface area contributed by atoms with E-state index in [1.807, 2.05) is 12.4 Å². The van der Waals surface area contributed by atoms with Crippen molar-refractivity contribution in [3.63, 3.8) is 0 Å². The van der Waals surface area contributed by atoms with Gasteiger partial charge in [0.25, 0.3) is 5.91 Å². The van der Waals surface area contributed by atoms with Crippen LogP contribution in [0.1, 0.15) is 23.4 Å². The molecule has 1 aromatic carbocycles. The fourth-order valence-electron chi connectivity index (χ4n) is 3.60. The molecule has 2 aromatic rings. The minimum atomic E-state index is -0.370. The molecule has 146 valence electrons. The molecule has 5 nitrogen and oxygen atoms in total. The monoisotopic (exact) mass is 391 g/mol. The second kappa shape index (κ2) is 9.39. The molecule has 0 spiro atoms. The molecule has 1 fully saturated rings. The molecule has 0 aliphatic carbocycles. The number of carbonyl (C=O) groups excluding carboxylic acids is 1. The molecule has 0 unspecified atom stereocenters. The van der Waals surface area contributed by atoms with Gasteiger partial charge in [-0.15, -0.1) is 11.3 Å². The van der Waals surface area contributed by atoms with Crippen LogP contribution in [0.3, 0.4) is 0 Å². The molecule has 1 saturated heterocycles. The fourth-order valence-corrected chi connectivity index (χ4v) is 4.37. The first-order chi connectivity index (χ1) is 13.1. The lowest BCUT2D eigenvalue weighted by atomic mass is 10.0. The van der Waals surface area contributed by atoms with E-state index in [0.29, 0.717) is 5.69 Å². The number of nitrogens with zero attached hydrogens (tertiary/aromatic N) is 3. The van der Waals surface area contributed by atoms with Gasteiger partial charge in [0.1, 0.15) is 12.4 Å². The number of thiazole rings is 1. The van der Waals surface area contributed by atoms with E-state index in [4.69, 9.17) is 4.74 Å². The predicted octanol–water partition coefficient (Wildman–Crippen LogP) is 3.28. The van der Waals surface area contributed by atoms with Crippen molar-refractivity contribution in [2.24, 2.45) is 0 Å². The Morgan fingerprint density at radius 1 is 1.37 bits per heavy atom. The summed E-state index contributed by atoms with van der Waals surface area (Å²) in [5.41, 5.74) is 3.36. The van der Waals surface area contributed by atoms with Gasteiger partial charge >= 0.3 is 0 Å². The molecule has 7 heteroatoms. The first kappa shape index (κ1) is 19.9. The van der Waals surface area contributed by atoms with Crippen LogP contribution >= 0.6 is 11.3 Å². The van der Waals surface area contributed by atoms with Gasteiger partial charge in [-0.1, -0.05) is 12.1 Å². The molecule has 1 amide bonds. The van der Waals surface area contributed by atoms with Crippen LogP contribution < -0.4 is 4.90 Å². The molecular weight excluding hydrogens is 365 g/mol. The molecule has 1 aliphatic rings. The van der Waals surface area contributed by atoms with Crippen LogP contribution in [-0.4, -0.2) is 55.2 Å². The maximum atomic E-state index is 14.3. The van der Waals surface area contributed by atoms with Crippen LogP contribution in [0.5, 0.6) is 0 Å². The first-order valence-electron chi connectivity index (χ1n) is 9.27. The van der Waals surface area contributed by atoms with Crippen LogP contribution in [0.15, 0.2) is 29.8 Å². The number of aryl methyl sites for hydroxylation is 1. The number of ether oxygens (including phenoxy) is 1. The van der Waals surface area contributed by atoms with Gasteiger partial charge < -0.3 is 14.5 Å². The summed E-state index contributed by atoms with van der Waals surface area (Å²) in [6, 6.07) is 6.46. The second-order valence-electron chi connectivity index (χ2n) is 6.83. The molecule has 2 heterocycles. The lowest BCUT2D eigenvalue weighted by molar-refractivity contribution is -0.122. The highest BCUT2D eigenvalue weighted by molar-refractivity contribution is 7.09. The Kier molecular flexibility index (Phi) is 6.93. The van der Waals surface area contributed by atoms with Crippen molar-refractivity contribution in [3.05, 3.63) is 46.2 Å². The zero-order chi connectivity index (χ0) is 19.2. The maximum absolute atomic E-state index is 14.3. The van der Waals surface area contributed by atoms with Crippen LogP contribution in [-0.2, 0) is 16.0 Å². The first-order valence-corrected chi connectivity index (χ1v) is 10.1. The van der Waals surface area contributed by atoms with Gasteiger partial charge in [0.15, 0.2) is 0 Å². The molecule has 0 atom stereocenters. The fraction of sp³-hybridized carbons (Fsp3) is 0.500. The zero-order valence-corrected chi connectivity index (χ0v) is 16.7. The van der Waals surface area contributed by atoms with Crippen molar-refractivity contribution in [3.8, 4) is 0 Å². The standard InChI is InChI=1S/C20H26FN3O2S/c1-15-19(27-14-22-15)9-12-23-10-7-16(8-11-23)24(20(25)13-26-2)18-6-4-3-5-17(18)21/h3-6,14,16H,7-13H2,1-2H3. The van der Waals surface area contributed by atoms with Crippen LogP contribution in [0.2, 0.25) is 0 Å². The normalized spacial score (nSPS) is 15.8. The molecule has 0 bridgehead atoms. The highest BCUT2D eigenvalue weighted by Gasteiger charge is 2.30. The van der Waals surface area contributed by atoms with Gasteiger partial charge in [-0.05, 0) is 38.3 Å². The third-order valence-corrected chi connectivity index (χ3v) is 6.07. The molecule has 27 heavy (non-hydrogen) atoms. The van der Waals surface area contributed by atoms with E-state index in [-0.39, 0.29) is 24.4 Å². The number of benzene rings is 1. The van der Waals surface area contributed by atoms with Crippen molar-refractivity contribution in [1.82, 2.24) is 9.88 Å². The van der Waals surface area contributed by atoms with Crippen molar-refractivity contribution < 1.29 is 13.9 Å². The number of hydrogen-bond acceptors (Lipinski definition) is 5. The Balaban J connectivity index is 1.63. The van der Waals surface area contributed by atoms with Gasteiger partial charge in [0.2, 0.25) is 0 Å². The van der Waals surface area contributed by atoms with Crippen LogP contribution in [0.4, 0.5) is 10.1 Å². The number of amides is 1. The SMILES string of the molecule is COCC(=O)N(c1ccccc1F)C1CCN(CCc2scnc2C)CC1. The van der Waals surface area contributed by atoms with Crippen molar-refractivity contribution in [2.45, 2.75) is 32.2 Å². The van der Waals surface area contributed by atoms with Crippen LogP contribution in [0, 0.1) is 12.7 Å². The van der Waals surface area contributed by atoms with E-state index in [1.165, 1.54) is 18.1 Å². The summed E-state index contributed by atoms with van der Waals surface area (Å²) in [6.07, 6.45) is 2.65. The van der Waals surface area contributed by atoms with Gasteiger partial charge in [0, 0.05) is 37.7 Å². The van der Waals surface area contributed by atoms with E-state index in [2.05, 4.69) is 9.88 Å². The number of carbonyl (C=O) groups is 1. The van der Waals surface area contributed by atoms with Crippen molar-refractivity contribution in [1.29, 1.82) is 0 Å². The Hall–Kier alpha value is -1.83. The third kappa shape index (κ3) is 4.91. The maximum Gasteiger partial charge on any atom is 0.253 e. The molecular formula is C20H26FN3O2S. The van der Waals surface area contributed by atoms with Gasteiger partial charge in [0.05, 0.1) is 16.9 Å². The predicted molar refractivity (Wildman–Crippen MR) is 106 cm³/mol. The van der Waals surface area contributed by atoms with Crippen molar-refractivity contribution >= 4 is 22.9 Å². The molecule has 0 saturated carbocycles. The number of likely N-dealkylation sites (tertiary alicyclic amines) is 1. The van der Waals surface area contributed by atoms with E-state index in [1.54, 1.807) is 34.4 Å². The van der Waals surface area contributed by atoms with E-state index in [0.717, 1.165) is 44.6 Å². The molecule has 1 aromatic heterocycles. The highest BCUT2D eigenvalue weighted by atomic mass is 32.1. The third-order valence-electron chi connectivity index (χ3n) is 5.07. The summed E-state index contributed by atoms with van der Waals surface area (Å²) < 4.78 is 19.4. The number of hydrogen-bond donors (Lipinski definition) is 0. The molecule has 0 N–H and O–H groups in total. The minimum absolute atomic E-state index is 0.00839. The average molecular weight is 392 g/mol. The average Bonchev–Trinajstić information content (AvgIpc) is 3.08. The Labute approximate surface area is 163 Å². The van der Waals surface area contributed by atoms with E-state index < -0.39 is 0 Å². The number of halogens is 1. The zero-order valence-electron chi connectivity index (χ0n) is 15.9. The number of para-hydroxylation sites is 1. The molecule has 0 radical (unpaired) electrons. The second-order valence-corrected chi connectivity index (χ2v) is 7.77. The topological polar surface area (TPSA) is 45.7 Å². The summed E-state index contributed by atoms with van der Waals surface area (Å²) in [7, 11) is 1.49. The van der Waals surface area contributed by atoms with E-state index >= 15 is 0 Å². The Bertz CT molecular complexity index is 759. The summed E-state index contributed by atoms with van der Waals surface area (Å²) in [4.78, 5) is 22.3. The van der Waals surface area contributed by atoms with Gasteiger partial charge in [-0.3, -0.25) is 4.79 Å². The molecule has 1 aliphatic heterocycles. The lowest BCUT2D eigenvalue weighted by Gasteiger charge is -2.38. The smallest absolute Gasteiger partial charge is 0.253 e. The number of aromatic nitrogens is 1. The molecule has 3 rings (SSSR count). The van der Waals surface area contributed by atoms with Gasteiger partial charge in [-0.25, -0.2) is 9.37 Å². The van der Waals surface area contributed by atoms with Gasteiger partial charge in [-0.2, -0.15) is 0 Å². The number of anilines is 1. The van der Waals surface area contributed by atoms with E-state index in [9.17, 15) is 9.18 Å². The minimum Gasteiger partial charge on any atom is -0.375 e. The summed E-state index contributed by atoms with van der Waals surface area (Å²) in [5, 5.41) is 0. The summed E-state index contributed by atoms with van der Waals surface area (Å²) in [5.74, 6) is -0.564. The highest BCUT2D eigenvalue weighted by Crippen LogP contribution is 2.27. The van der Waals surface area contributed by atoms with Crippen molar-refractivity contribution in [2.75, 3.05) is 38.3 Å². The number of rotatable bonds is 7. The quantitative estimate of drug-likeness (QED) is 0.727. The Morgan fingerprint density at radius 2 is 2.11 bits per heavy atom. The number of piperidine rings is 1. The lowest BCUT2D eigenvalue weighted by Crippen LogP contribution is -2.49.